The molecule has 1 aromatic carbocycles. The number of nitrogens with one attached hydrogen (secondary N) is 1. The zero-order valence-corrected chi connectivity index (χ0v) is 14.3. The molecule has 1 aromatic rings. The molecule has 1 rings (SSSR count). The fraction of sp³-hybridized carbons (Fsp3) is 0.625. The third-order valence-corrected chi connectivity index (χ3v) is 3.42. The second kappa shape index (κ2) is 10.2. The molecule has 3 nitrogen and oxygen atoms in total. The number of benzene rings is 1. The predicted octanol–water partition coefficient (Wildman–Crippen LogP) is 4.00. The first-order valence-corrected chi connectivity index (χ1v) is 8.13. The monoisotopic (exact) mass is 343 g/mol. The van der Waals surface area contributed by atoms with Gasteiger partial charge < -0.3 is 14.8 Å². The SMILES string of the molecule is CCOCCCOc1c(Br)cccc1CNCC(C)C. The van der Waals surface area contributed by atoms with Gasteiger partial charge in [0.15, 0.2) is 0 Å². The van der Waals surface area contributed by atoms with Crippen molar-refractivity contribution in [1.29, 1.82) is 0 Å². The summed E-state index contributed by atoms with van der Waals surface area (Å²) in [7, 11) is 0. The first kappa shape index (κ1) is 17.5. The minimum atomic E-state index is 0.651. The highest BCUT2D eigenvalue weighted by Gasteiger charge is 2.08. The van der Waals surface area contributed by atoms with Crippen LogP contribution in [0, 0.1) is 5.92 Å². The zero-order chi connectivity index (χ0) is 14.8. The van der Waals surface area contributed by atoms with Crippen LogP contribution in [-0.4, -0.2) is 26.4 Å². The Bertz CT molecular complexity index is 383. The van der Waals surface area contributed by atoms with Gasteiger partial charge in [-0.15, -0.1) is 0 Å². The normalized spacial score (nSPS) is 11.1. The van der Waals surface area contributed by atoms with Crippen LogP contribution in [0.1, 0.15) is 32.8 Å². The summed E-state index contributed by atoms with van der Waals surface area (Å²) in [6.07, 6.45) is 0.911. The molecule has 0 fully saturated rings. The van der Waals surface area contributed by atoms with Crippen LogP contribution in [0.15, 0.2) is 22.7 Å². The Morgan fingerprint density at radius 2 is 2.05 bits per heavy atom. The molecule has 0 heterocycles. The Kier molecular flexibility index (Phi) is 8.90. The van der Waals surface area contributed by atoms with Gasteiger partial charge in [0, 0.05) is 31.7 Å². The van der Waals surface area contributed by atoms with E-state index in [9.17, 15) is 0 Å². The topological polar surface area (TPSA) is 30.5 Å². The molecule has 1 N–H and O–H groups in total. The molecule has 0 amide bonds. The average molecular weight is 344 g/mol. The largest absolute Gasteiger partial charge is 0.492 e. The van der Waals surface area contributed by atoms with Crippen molar-refractivity contribution in [3.63, 3.8) is 0 Å². The van der Waals surface area contributed by atoms with E-state index in [0.717, 1.165) is 42.9 Å². The summed E-state index contributed by atoms with van der Waals surface area (Å²) < 4.78 is 12.2. The first-order chi connectivity index (χ1) is 9.65. The van der Waals surface area contributed by atoms with Crippen LogP contribution in [0.2, 0.25) is 0 Å². The van der Waals surface area contributed by atoms with Crippen molar-refractivity contribution in [3.05, 3.63) is 28.2 Å². The van der Waals surface area contributed by atoms with E-state index in [4.69, 9.17) is 9.47 Å². The van der Waals surface area contributed by atoms with Crippen molar-refractivity contribution < 1.29 is 9.47 Å². The number of ether oxygens (including phenoxy) is 2. The van der Waals surface area contributed by atoms with Gasteiger partial charge in [-0.2, -0.15) is 0 Å². The lowest BCUT2D eigenvalue weighted by Gasteiger charge is -2.14. The highest BCUT2D eigenvalue weighted by atomic mass is 79.9. The maximum absolute atomic E-state index is 5.91. The molecular formula is C16H26BrNO2. The molecule has 0 saturated heterocycles. The lowest BCUT2D eigenvalue weighted by molar-refractivity contribution is 0.130. The Morgan fingerprint density at radius 1 is 1.25 bits per heavy atom. The minimum absolute atomic E-state index is 0.651. The average Bonchev–Trinajstić information content (AvgIpc) is 2.40. The Morgan fingerprint density at radius 3 is 2.75 bits per heavy atom. The van der Waals surface area contributed by atoms with Crippen molar-refractivity contribution in [3.8, 4) is 5.75 Å². The van der Waals surface area contributed by atoms with Crippen LogP contribution in [0.4, 0.5) is 0 Å². The Labute approximate surface area is 131 Å². The minimum Gasteiger partial charge on any atom is -0.492 e. The van der Waals surface area contributed by atoms with E-state index >= 15 is 0 Å². The van der Waals surface area contributed by atoms with Gasteiger partial charge in [0.05, 0.1) is 11.1 Å². The van der Waals surface area contributed by atoms with E-state index in [0.29, 0.717) is 12.5 Å². The number of hydrogen-bond donors (Lipinski definition) is 1. The molecule has 0 aromatic heterocycles. The summed E-state index contributed by atoms with van der Waals surface area (Å²) >= 11 is 3.57. The molecule has 0 unspecified atom stereocenters. The summed E-state index contributed by atoms with van der Waals surface area (Å²) in [5.41, 5.74) is 1.19. The molecule has 0 aliphatic carbocycles. The maximum atomic E-state index is 5.91. The third kappa shape index (κ3) is 6.73. The smallest absolute Gasteiger partial charge is 0.137 e. The van der Waals surface area contributed by atoms with Crippen LogP contribution in [0.3, 0.4) is 0 Å². The fourth-order valence-corrected chi connectivity index (χ4v) is 2.35. The number of rotatable bonds is 10. The molecule has 4 heteroatoms. The predicted molar refractivity (Wildman–Crippen MR) is 87.3 cm³/mol. The zero-order valence-electron chi connectivity index (χ0n) is 12.7. The molecule has 20 heavy (non-hydrogen) atoms. The lowest BCUT2D eigenvalue weighted by atomic mass is 10.2. The van der Waals surface area contributed by atoms with Gasteiger partial charge >= 0.3 is 0 Å². The van der Waals surface area contributed by atoms with E-state index in [2.05, 4.69) is 41.2 Å². The van der Waals surface area contributed by atoms with Crippen molar-refractivity contribution in [2.45, 2.75) is 33.7 Å². The van der Waals surface area contributed by atoms with Crippen LogP contribution in [0.25, 0.3) is 0 Å². The maximum Gasteiger partial charge on any atom is 0.137 e. The van der Waals surface area contributed by atoms with Crippen molar-refractivity contribution in [2.24, 2.45) is 5.92 Å². The number of para-hydroxylation sites is 1. The number of halogens is 1. The summed E-state index contributed by atoms with van der Waals surface area (Å²) in [5, 5.41) is 3.45. The first-order valence-electron chi connectivity index (χ1n) is 7.33. The molecule has 114 valence electrons. The van der Waals surface area contributed by atoms with E-state index in [-0.39, 0.29) is 0 Å². The Hall–Kier alpha value is -0.580. The summed E-state index contributed by atoms with van der Waals surface area (Å²) in [6.45, 7) is 10.5. The third-order valence-electron chi connectivity index (χ3n) is 2.80. The van der Waals surface area contributed by atoms with Crippen molar-refractivity contribution in [2.75, 3.05) is 26.4 Å². The van der Waals surface area contributed by atoms with E-state index < -0.39 is 0 Å². The second-order valence-corrected chi connectivity index (χ2v) is 6.01. The molecule has 0 aliphatic heterocycles. The highest BCUT2D eigenvalue weighted by molar-refractivity contribution is 9.10. The van der Waals surface area contributed by atoms with E-state index in [1.165, 1.54) is 5.56 Å². The summed E-state index contributed by atoms with van der Waals surface area (Å²) in [6, 6.07) is 6.17. The summed E-state index contributed by atoms with van der Waals surface area (Å²) in [4.78, 5) is 0. The van der Waals surface area contributed by atoms with E-state index in [1.54, 1.807) is 0 Å². The fourth-order valence-electron chi connectivity index (χ4n) is 1.83. The second-order valence-electron chi connectivity index (χ2n) is 5.15. The quantitative estimate of drug-likeness (QED) is 0.651. The molecule has 0 saturated carbocycles. The number of hydrogen-bond acceptors (Lipinski definition) is 3. The van der Waals surface area contributed by atoms with Gasteiger partial charge in [0.1, 0.15) is 5.75 Å². The molecule has 0 atom stereocenters. The molecule has 0 bridgehead atoms. The van der Waals surface area contributed by atoms with Crippen LogP contribution >= 0.6 is 15.9 Å². The molecule has 0 spiro atoms. The van der Waals surface area contributed by atoms with Crippen LogP contribution in [0.5, 0.6) is 5.75 Å². The van der Waals surface area contributed by atoms with Gasteiger partial charge in [-0.1, -0.05) is 26.0 Å². The molecular weight excluding hydrogens is 318 g/mol. The van der Waals surface area contributed by atoms with Crippen molar-refractivity contribution in [1.82, 2.24) is 5.32 Å². The van der Waals surface area contributed by atoms with Gasteiger partial charge in [0.2, 0.25) is 0 Å². The van der Waals surface area contributed by atoms with E-state index in [1.807, 2.05) is 19.1 Å². The molecule has 0 aliphatic rings. The standard InChI is InChI=1S/C16H26BrNO2/c1-4-19-9-6-10-20-16-14(7-5-8-15(16)17)12-18-11-13(2)3/h5,7-8,13,18H,4,6,9-12H2,1-3H3. The lowest BCUT2D eigenvalue weighted by Crippen LogP contribution is -2.19. The van der Waals surface area contributed by atoms with Crippen molar-refractivity contribution >= 4 is 15.9 Å². The summed E-state index contributed by atoms with van der Waals surface area (Å²) in [5.74, 6) is 1.60. The van der Waals surface area contributed by atoms with Gasteiger partial charge in [0.25, 0.3) is 0 Å². The van der Waals surface area contributed by atoms with Gasteiger partial charge in [-0.25, -0.2) is 0 Å². The highest BCUT2D eigenvalue weighted by Crippen LogP contribution is 2.29. The van der Waals surface area contributed by atoms with Gasteiger partial charge in [-0.3, -0.25) is 0 Å². The molecule has 0 radical (unpaired) electrons. The van der Waals surface area contributed by atoms with Gasteiger partial charge in [-0.05, 0) is 41.4 Å². The van der Waals surface area contributed by atoms with Crippen LogP contribution in [-0.2, 0) is 11.3 Å². The Balaban J connectivity index is 2.49. The van der Waals surface area contributed by atoms with Crippen LogP contribution < -0.4 is 10.1 Å².